The third kappa shape index (κ3) is 3.52. The summed E-state index contributed by atoms with van der Waals surface area (Å²) in [6.45, 7) is 1.94. The van der Waals surface area contributed by atoms with Gasteiger partial charge in [-0.25, -0.2) is 8.42 Å². The van der Waals surface area contributed by atoms with Gasteiger partial charge in [-0.2, -0.15) is 0 Å². The van der Waals surface area contributed by atoms with Gasteiger partial charge in [0.15, 0.2) is 9.84 Å². The molecular weight excluding hydrogens is 398 g/mol. The Morgan fingerprint density at radius 2 is 1.67 bits per heavy atom. The summed E-state index contributed by atoms with van der Waals surface area (Å²) < 4.78 is 27.2. The van der Waals surface area contributed by atoms with Gasteiger partial charge in [-0.1, -0.05) is 6.07 Å². The summed E-state index contributed by atoms with van der Waals surface area (Å²) in [6.07, 6.45) is 5.00. The van der Waals surface area contributed by atoms with Crippen molar-refractivity contribution in [3.05, 3.63) is 72.1 Å². The molecule has 1 amide bonds. The predicted octanol–water partition coefficient (Wildman–Crippen LogP) is 4.15. The van der Waals surface area contributed by atoms with Crippen molar-refractivity contribution < 1.29 is 13.2 Å². The molecule has 30 heavy (non-hydrogen) atoms. The molecule has 0 unspecified atom stereocenters. The van der Waals surface area contributed by atoms with Crippen LogP contribution in [0.2, 0.25) is 0 Å². The van der Waals surface area contributed by atoms with Crippen molar-refractivity contribution in [2.75, 3.05) is 11.6 Å². The first-order valence-corrected chi connectivity index (χ1v) is 11.4. The SMILES string of the molecule is Cc1c(C(=O)Nc2ccc(S(C)(=O)=O)cc2)cn(C)c1-c1ccc2c(ccn2C)c1. The van der Waals surface area contributed by atoms with Crippen molar-refractivity contribution in [2.24, 2.45) is 14.1 Å². The van der Waals surface area contributed by atoms with Crippen molar-refractivity contribution >= 4 is 32.3 Å². The molecule has 0 aliphatic carbocycles. The molecule has 1 N–H and O–H groups in total. The van der Waals surface area contributed by atoms with Crippen LogP contribution in [-0.2, 0) is 23.9 Å². The van der Waals surface area contributed by atoms with E-state index in [9.17, 15) is 13.2 Å². The maximum atomic E-state index is 12.9. The Kier molecular flexibility index (Phi) is 4.78. The van der Waals surface area contributed by atoms with Crippen LogP contribution in [0.1, 0.15) is 15.9 Å². The molecule has 0 fully saturated rings. The van der Waals surface area contributed by atoms with Crippen molar-refractivity contribution in [1.82, 2.24) is 9.13 Å². The van der Waals surface area contributed by atoms with Crippen LogP contribution in [0.3, 0.4) is 0 Å². The van der Waals surface area contributed by atoms with Crippen LogP contribution < -0.4 is 5.32 Å². The minimum Gasteiger partial charge on any atom is -0.351 e. The lowest BCUT2D eigenvalue weighted by Crippen LogP contribution is -2.12. The molecular formula is C23H23N3O3S. The van der Waals surface area contributed by atoms with Gasteiger partial charge in [0, 0.05) is 49.3 Å². The summed E-state index contributed by atoms with van der Waals surface area (Å²) in [4.78, 5) is 13.1. The van der Waals surface area contributed by atoms with Gasteiger partial charge < -0.3 is 14.5 Å². The molecule has 2 heterocycles. The Morgan fingerprint density at radius 3 is 2.33 bits per heavy atom. The number of aryl methyl sites for hydroxylation is 2. The molecule has 0 saturated heterocycles. The lowest BCUT2D eigenvalue weighted by atomic mass is 10.0. The summed E-state index contributed by atoms with van der Waals surface area (Å²) in [5, 5.41) is 4.00. The number of carbonyl (C=O) groups excluding carboxylic acids is 1. The van der Waals surface area contributed by atoms with E-state index >= 15 is 0 Å². The summed E-state index contributed by atoms with van der Waals surface area (Å²) in [6, 6.07) is 14.5. The summed E-state index contributed by atoms with van der Waals surface area (Å²) in [5.41, 5.74) is 5.19. The first-order valence-electron chi connectivity index (χ1n) is 9.48. The average Bonchev–Trinajstić information content (AvgIpc) is 3.20. The zero-order valence-corrected chi connectivity index (χ0v) is 18.1. The number of fused-ring (bicyclic) bond motifs is 1. The first-order chi connectivity index (χ1) is 14.1. The topological polar surface area (TPSA) is 73.1 Å². The second-order valence-corrected chi connectivity index (χ2v) is 9.59. The molecule has 0 atom stereocenters. The van der Waals surface area contributed by atoms with Crippen molar-refractivity contribution in [2.45, 2.75) is 11.8 Å². The quantitative estimate of drug-likeness (QED) is 0.538. The lowest BCUT2D eigenvalue weighted by molar-refractivity contribution is 0.102. The zero-order valence-electron chi connectivity index (χ0n) is 17.3. The summed E-state index contributed by atoms with van der Waals surface area (Å²) in [7, 11) is 0.669. The van der Waals surface area contributed by atoms with Crippen LogP contribution in [0.15, 0.2) is 65.8 Å². The Morgan fingerprint density at radius 1 is 0.967 bits per heavy atom. The van der Waals surface area contributed by atoms with Gasteiger partial charge in [0.25, 0.3) is 5.91 Å². The van der Waals surface area contributed by atoms with Crippen LogP contribution in [-0.4, -0.2) is 29.7 Å². The fourth-order valence-corrected chi connectivity index (χ4v) is 4.44. The van der Waals surface area contributed by atoms with E-state index in [1.807, 2.05) is 38.0 Å². The van der Waals surface area contributed by atoms with Gasteiger partial charge in [0.2, 0.25) is 0 Å². The number of aromatic nitrogens is 2. The predicted molar refractivity (Wildman–Crippen MR) is 120 cm³/mol. The number of hydrogen-bond acceptors (Lipinski definition) is 3. The Bertz CT molecular complexity index is 1380. The van der Waals surface area contributed by atoms with E-state index in [0.717, 1.165) is 34.0 Å². The molecule has 4 rings (SSSR count). The minimum atomic E-state index is -3.27. The summed E-state index contributed by atoms with van der Waals surface area (Å²) >= 11 is 0. The largest absolute Gasteiger partial charge is 0.351 e. The normalized spacial score (nSPS) is 11.7. The molecule has 0 aliphatic heterocycles. The second kappa shape index (κ2) is 7.18. The van der Waals surface area contributed by atoms with E-state index in [2.05, 4.69) is 34.1 Å². The molecule has 0 spiro atoms. The number of hydrogen-bond donors (Lipinski definition) is 1. The number of anilines is 1. The van der Waals surface area contributed by atoms with E-state index < -0.39 is 9.84 Å². The first kappa shape index (κ1) is 20.0. The summed E-state index contributed by atoms with van der Waals surface area (Å²) in [5.74, 6) is -0.234. The molecule has 6 nitrogen and oxygen atoms in total. The van der Waals surface area contributed by atoms with Crippen LogP contribution >= 0.6 is 0 Å². The molecule has 0 aliphatic rings. The minimum absolute atomic E-state index is 0.218. The molecule has 0 radical (unpaired) electrons. The number of nitrogens with one attached hydrogen (secondary N) is 1. The van der Waals surface area contributed by atoms with Gasteiger partial charge in [0.05, 0.1) is 16.2 Å². The molecule has 2 aromatic carbocycles. The van der Waals surface area contributed by atoms with E-state index in [-0.39, 0.29) is 10.8 Å². The van der Waals surface area contributed by atoms with Crippen molar-refractivity contribution in [3.63, 3.8) is 0 Å². The van der Waals surface area contributed by atoms with Gasteiger partial charge >= 0.3 is 0 Å². The molecule has 4 aromatic rings. The monoisotopic (exact) mass is 421 g/mol. The van der Waals surface area contributed by atoms with Gasteiger partial charge in [-0.05, 0) is 60.5 Å². The van der Waals surface area contributed by atoms with Crippen molar-refractivity contribution in [3.8, 4) is 11.3 Å². The van der Waals surface area contributed by atoms with Crippen molar-refractivity contribution in [1.29, 1.82) is 0 Å². The number of rotatable bonds is 4. The van der Waals surface area contributed by atoms with Crippen LogP contribution in [0.4, 0.5) is 5.69 Å². The second-order valence-electron chi connectivity index (χ2n) is 7.58. The average molecular weight is 422 g/mol. The standard InChI is InChI=1S/C23H23N3O3S/c1-15-20(23(27)24-18-6-8-19(9-7-18)30(4,28)29)14-26(3)22(15)17-5-10-21-16(13-17)11-12-25(21)2/h5-14H,1-4H3,(H,24,27). The lowest BCUT2D eigenvalue weighted by Gasteiger charge is -2.08. The highest BCUT2D eigenvalue weighted by atomic mass is 32.2. The number of benzene rings is 2. The van der Waals surface area contributed by atoms with Crippen LogP contribution in [0, 0.1) is 6.92 Å². The van der Waals surface area contributed by atoms with Gasteiger partial charge in [-0.15, -0.1) is 0 Å². The number of carbonyl (C=O) groups is 1. The third-order valence-corrected chi connectivity index (χ3v) is 6.51. The molecule has 7 heteroatoms. The fourth-order valence-electron chi connectivity index (χ4n) is 3.81. The van der Waals surface area contributed by atoms with Gasteiger partial charge in [0.1, 0.15) is 0 Å². The maximum absolute atomic E-state index is 12.9. The third-order valence-electron chi connectivity index (χ3n) is 5.38. The molecule has 0 bridgehead atoms. The number of sulfone groups is 1. The molecule has 0 saturated carbocycles. The Labute approximate surface area is 175 Å². The smallest absolute Gasteiger partial charge is 0.257 e. The highest BCUT2D eigenvalue weighted by Gasteiger charge is 2.18. The highest BCUT2D eigenvalue weighted by molar-refractivity contribution is 7.90. The number of nitrogens with zero attached hydrogens (tertiary/aromatic N) is 2. The fraction of sp³-hybridized carbons (Fsp3) is 0.174. The highest BCUT2D eigenvalue weighted by Crippen LogP contribution is 2.30. The van der Waals surface area contributed by atoms with Crippen LogP contribution in [0.5, 0.6) is 0 Å². The van der Waals surface area contributed by atoms with Gasteiger partial charge in [-0.3, -0.25) is 4.79 Å². The molecule has 2 aromatic heterocycles. The maximum Gasteiger partial charge on any atom is 0.257 e. The Hall–Kier alpha value is -3.32. The molecule has 154 valence electrons. The van der Waals surface area contributed by atoms with E-state index in [4.69, 9.17) is 0 Å². The number of amides is 1. The zero-order chi connectivity index (χ0) is 21.6. The van der Waals surface area contributed by atoms with E-state index in [1.165, 1.54) is 12.1 Å². The van der Waals surface area contributed by atoms with E-state index in [1.54, 1.807) is 12.1 Å². The Balaban J connectivity index is 1.64. The van der Waals surface area contributed by atoms with Crippen LogP contribution in [0.25, 0.3) is 22.2 Å². The van der Waals surface area contributed by atoms with E-state index in [0.29, 0.717) is 11.3 Å².